The van der Waals surface area contributed by atoms with E-state index in [1.54, 1.807) is 0 Å². The first-order chi connectivity index (χ1) is 18.5. The molecule has 2 atom stereocenters. The second-order valence-corrected chi connectivity index (χ2v) is 11.6. The summed E-state index contributed by atoms with van der Waals surface area (Å²) in [5.74, 6) is 0.706. The molecule has 4 heterocycles. The van der Waals surface area contributed by atoms with Crippen molar-refractivity contribution in [1.82, 2.24) is 19.2 Å². The summed E-state index contributed by atoms with van der Waals surface area (Å²) in [5.41, 5.74) is 4.65. The van der Waals surface area contributed by atoms with E-state index in [0.717, 1.165) is 50.9 Å². The number of ether oxygens (including phenoxy) is 1. The molecule has 2 aromatic carbocycles. The number of amides is 1. The molecule has 0 spiro atoms. The van der Waals surface area contributed by atoms with Gasteiger partial charge in [0.1, 0.15) is 6.23 Å². The van der Waals surface area contributed by atoms with Crippen molar-refractivity contribution in [2.45, 2.75) is 70.7 Å². The Hall–Kier alpha value is -3.38. The third-order valence-electron chi connectivity index (χ3n) is 8.34. The number of fused-ring (bicyclic) bond motifs is 1. The van der Waals surface area contributed by atoms with Crippen LogP contribution in [-0.2, 0) is 22.5 Å². The van der Waals surface area contributed by atoms with Gasteiger partial charge < -0.3 is 14.2 Å². The second-order valence-electron chi connectivity index (χ2n) is 11.6. The molecule has 1 amide bonds. The van der Waals surface area contributed by atoms with E-state index >= 15 is 0 Å². The van der Waals surface area contributed by atoms with Crippen molar-refractivity contribution >= 4 is 16.8 Å². The van der Waals surface area contributed by atoms with E-state index in [2.05, 4.69) is 77.2 Å². The lowest BCUT2D eigenvalue weighted by atomic mass is 9.96. The Bertz CT molecular complexity index is 1400. The highest BCUT2D eigenvalue weighted by Gasteiger charge is 2.40. The number of nitrogens with zero attached hydrogens (tertiary/aromatic N) is 4. The number of benzene rings is 2. The minimum atomic E-state index is -0.114. The van der Waals surface area contributed by atoms with Crippen LogP contribution in [0.3, 0.4) is 0 Å². The quantitative estimate of drug-likeness (QED) is 0.287. The molecule has 2 aliphatic heterocycles. The number of aromatic nitrogens is 3. The number of likely N-dealkylation sites (tertiary alicyclic amines) is 1. The number of rotatable bonds is 7. The van der Waals surface area contributed by atoms with Gasteiger partial charge in [0.2, 0.25) is 5.91 Å². The minimum absolute atomic E-state index is 0.0581. The molecule has 0 saturated carbocycles. The zero-order valence-corrected chi connectivity index (χ0v) is 22.6. The largest absolute Gasteiger partial charge is 0.357 e. The topological polar surface area (TPSA) is 52.3 Å². The van der Waals surface area contributed by atoms with Crippen LogP contribution in [0, 0.1) is 5.92 Å². The number of carbonyl (C=O) groups excluding carboxylic acids is 1. The fourth-order valence-electron chi connectivity index (χ4n) is 6.37. The molecule has 6 heteroatoms. The minimum Gasteiger partial charge on any atom is -0.357 e. The Kier molecular flexibility index (Phi) is 6.83. The van der Waals surface area contributed by atoms with E-state index in [4.69, 9.17) is 4.74 Å². The van der Waals surface area contributed by atoms with E-state index in [-0.39, 0.29) is 17.7 Å². The summed E-state index contributed by atoms with van der Waals surface area (Å²) in [6.07, 6.45) is 12.0. The monoisotopic (exact) mass is 510 g/mol. The summed E-state index contributed by atoms with van der Waals surface area (Å²) in [5, 5.41) is 5.82. The zero-order chi connectivity index (χ0) is 26.1. The maximum atomic E-state index is 13.2. The normalized spacial score (nSPS) is 21.3. The molecule has 0 N–H and O–H groups in total. The Labute approximate surface area is 225 Å². The fraction of sp³-hybridized carbons (Fsp3) is 0.438. The standard InChI is InChI=1S/C32H38N4O2/c1-32(2)19-25(22-35(32)30(37)14-11-24-8-4-3-5-9-24)21-34-16-15-27-18-26(12-13-29(27)34)28-20-33-36(23-28)31-10-6-7-17-38-31/h3-5,8-9,12-13,15-16,18,20,23,25,31H,6-7,10-11,14,17,19,21-22H2,1-2H3. The number of aryl methyl sites for hydroxylation is 1. The zero-order valence-electron chi connectivity index (χ0n) is 22.6. The summed E-state index contributed by atoms with van der Waals surface area (Å²) in [6.45, 7) is 6.99. The maximum Gasteiger partial charge on any atom is 0.223 e. The molecule has 2 aromatic heterocycles. The maximum absolute atomic E-state index is 13.2. The number of hydrogen-bond acceptors (Lipinski definition) is 3. The molecule has 0 aliphatic carbocycles. The van der Waals surface area contributed by atoms with Crippen molar-refractivity contribution in [2.75, 3.05) is 13.2 Å². The van der Waals surface area contributed by atoms with Crippen molar-refractivity contribution < 1.29 is 9.53 Å². The summed E-state index contributed by atoms with van der Waals surface area (Å²) in [6, 6.07) is 19.2. The Morgan fingerprint density at radius 1 is 1.08 bits per heavy atom. The van der Waals surface area contributed by atoms with E-state index in [0.29, 0.717) is 12.3 Å². The van der Waals surface area contributed by atoms with Crippen LogP contribution in [0.4, 0.5) is 0 Å². The number of carbonyl (C=O) groups is 1. The van der Waals surface area contributed by atoms with Crippen LogP contribution in [0.2, 0.25) is 0 Å². The van der Waals surface area contributed by atoms with Crippen LogP contribution < -0.4 is 0 Å². The Balaban J connectivity index is 1.12. The molecule has 0 bridgehead atoms. The van der Waals surface area contributed by atoms with Crippen molar-refractivity contribution in [3.05, 3.63) is 78.8 Å². The van der Waals surface area contributed by atoms with Gasteiger partial charge in [0.15, 0.2) is 0 Å². The predicted octanol–water partition coefficient (Wildman–Crippen LogP) is 6.46. The second kappa shape index (κ2) is 10.4. The van der Waals surface area contributed by atoms with Crippen molar-refractivity contribution in [3.63, 3.8) is 0 Å². The molecular weight excluding hydrogens is 472 g/mol. The van der Waals surface area contributed by atoms with Crippen LogP contribution in [0.1, 0.15) is 57.7 Å². The van der Waals surface area contributed by atoms with Gasteiger partial charge in [-0.1, -0.05) is 36.4 Å². The molecule has 2 unspecified atom stereocenters. The van der Waals surface area contributed by atoms with Crippen LogP contribution in [0.5, 0.6) is 0 Å². The highest BCUT2D eigenvalue weighted by molar-refractivity contribution is 5.85. The van der Waals surface area contributed by atoms with Gasteiger partial charge in [-0.2, -0.15) is 5.10 Å². The van der Waals surface area contributed by atoms with Gasteiger partial charge in [0.05, 0.1) is 6.20 Å². The molecule has 0 radical (unpaired) electrons. The molecular formula is C32H38N4O2. The first-order valence-corrected chi connectivity index (χ1v) is 14.1. The molecule has 2 aliphatic rings. The molecule has 38 heavy (non-hydrogen) atoms. The molecule has 2 saturated heterocycles. The smallest absolute Gasteiger partial charge is 0.223 e. The lowest BCUT2D eigenvalue weighted by molar-refractivity contribution is -0.134. The third-order valence-corrected chi connectivity index (χ3v) is 8.34. The summed E-state index contributed by atoms with van der Waals surface area (Å²) in [7, 11) is 0. The summed E-state index contributed by atoms with van der Waals surface area (Å²) >= 11 is 0. The molecule has 6 rings (SSSR count). The van der Waals surface area contributed by atoms with Crippen LogP contribution in [0.15, 0.2) is 73.2 Å². The fourth-order valence-corrected chi connectivity index (χ4v) is 6.37. The Morgan fingerprint density at radius 3 is 2.76 bits per heavy atom. The van der Waals surface area contributed by atoms with Crippen molar-refractivity contribution in [3.8, 4) is 11.1 Å². The first kappa shape index (κ1) is 24.9. The van der Waals surface area contributed by atoms with Gasteiger partial charge in [0.25, 0.3) is 0 Å². The lowest BCUT2D eigenvalue weighted by Gasteiger charge is -2.31. The number of hydrogen-bond donors (Lipinski definition) is 0. The highest BCUT2D eigenvalue weighted by Crippen LogP contribution is 2.35. The first-order valence-electron chi connectivity index (χ1n) is 14.1. The van der Waals surface area contributed by atoms with E-state index in [1.807, 2.05) is 29.1 Å². The van der Waals surface area contributed by atoms with Gasteiger partial charge in [-0.05, 0) is 81.2 Å². The molecule has 4 aromatic rings. The Morgan fingerprint density at radius 2 is 1.95 bits per heavy atom. The van der Waals surface area contributed by atoms with E-state index in [9.17, 15) is 4.79 Å². The third kappa shape index (κ3) is 5.14. The van der Waals surface area contributed by atoms with Crippen molar-refractivity contribution in [1.29, 1.82) is 0 Å². The predicted molar refractivity (Wildman–Crippen MR) is 151 cm³/mol. The van der Waals surface area contributed by atoms with Crippen LogP contribution >= 0.6 is 0 Å². The molecule has 6 nitrogen and oxygen atoms in total. The van der Waals surface area contributed by atoms with Crippen molar-refractivity contribution in [2.24, 2.45) is 5.92 Å². The van der Waals surface area contributed by atoms with Gasteiger partial charge in [-0.25, -0.2) is 4.68 Å². The molecule has 2 fully saturated rings. The van der Waals surface area contributed by atoms with Crippen LogP contribution in [-0.4, -0.2) is 43.8 Å². The van der Waals surface area contributed by atoms with Gasteiger partial charge in [0, 0.05) is 60.5 Å². The van der Waals surface area contributed by atoms with Gasteiger partial charge in [-0.15, -0.1) is 0 Å². The average molecular weight is 511 g/mol. The summed E-state index contributed by atoms with van der Waals surface area (Å²) in [4.78, 5) is 15.3. The SMILES string of the molecule is CC1(C)CC(Cn2ccc3cc(-c4cnn(C5CCCCO5)c4)ccc32)CN1C(=O)CCc1ccccc1. The van der Waals surface area contributed by atoms with E-state index in [1.165, 1.54) is 28.5 Å². The van der Waals surface area contributed by atoms with E-state index < -0.39 is 0 Å². The van der Waals surface area contributed by atoms with Gasteiger partial charge in [-0.3, -0.25) is 4.79 Å². The lowest BCUT2D eigenvalue weighted by Crippen LogP contribution is -2.42. The van der Waals surface area contributed by atoms with Gasteiger partial charge >= 0.3 is 0 Å². The summed E-state index contributed by atoms with van der Waals surface area (Å²) < 4.78 is 10.2. The molecule has 198 valence electrons. The highest BCUT2D eigenvalue weighted by atomic mass is 16.5. The van der Waals surface area contributed by atoms with Crippen LogP contribution in [0.25, 0.3) is 22.0 Å². The average Bonchev–Trinajstić information content (AvgIpc) is 3.65.